The van der Waals surface area contributed by atoms with Crippen LogP contribution in [-0.2, 0) is 11.2 Å². The van der Waals surface area contributed by atoms with Gasteiger partial charge in [-0.1, -0.05) is 0 Å². The number of nitrogens with one attached hydrogen (secondary N) is 1. The van der Waals surface area contributed by atoms with E-state index in [1.165, 1.54) is 4.88 Å². The molecule has 1 saturated carbocycles. The van der Waals surface area contributed by atoms with Crippen molar-refractivity contribution in [2.45, 2.75) is 63.0 Å². The highest BCUT2D eigenvalue weighted by Gasteiger charge is 2.32. The number of fused-ring (bicyclic) bond motifs is 3. The molecule has 2 aliphatic carbocycles. The topological polar surface area (TPSA) is 84.3 Å². The summed E-state index contributed by atoms with van der Waals surface area (Å²) < 4.78 is 6.24. The lowest BCUT2D eigenvalue weighted by molar-refractivity contribution is -0.137. The van der Waals surface area contributed by atoms with E-state index in [-0.39, 0.29) is 18.4 Å². The lowest BCUT2D eigenvalue weighted by Crippen LogP contribution is -2.35. The Kier molecular flexibility index (Phi) is 4.64. The first-order chi connectivity index (χ1) is 12.2. The van der Waals surface area contributed by atoms with Crippen LogP contribution in [0, 0.1) is 0 Å². The lowest BCUT2D eigenvalue weighted by atomic mass is 9.92. The van der Waals surface area contributed by atoms with Gasteiger partial charge in [0.25, 0.3) is 0 Å². The van der Waals surface area contributed by atoms with Crippen LogP contribution in [-0.4, -0.2) is 41.2 Å². The van der Waals surface area contributed by atoms with Crippen LogP contribution >= 0.6 is 11.3 Å². The molecule has 1 fully saturated rings. The fourth-order valence-electron chi connectivity index (χ4n) is 4.05. The highest BCUT2D eigenvalue weighted by atomic mass is 32.1. The molecule has 2 heterocycles. The summed E-state index contributed by atoms with van der Waals surface area (Å²) in [6.45, 7) is 0. The zero-order valence-corrected chi connectivity index (χ0v) is 14.7. The van der Waals surface area contributed by atoms with Crippen molar-refractivity contribution in [1.29, 1.82) is 0 Å². The van der Waals surface area contributed by atoms with Gasteiger partial charge in [-0.05, 0) is 56.0 Å². The van der Waals surface area contributed by atoms with Crippen LogP contribution in [0.4, 0.5) is 0 Å². The van der Waals surface area contributed by atoms with Crippen LogP contribution in [0.2, 0.25) is 0 Å². The van der Waals surface area contributed by atoms with Crippen LogP contribution in [0.15, 0.2) is 6.33 Å². The molecule has 6 nitrogen and oxygen atoms in total. The minimum absolute atomic E-state index is 0.0341. The molecule has 0 aromatic carbocycles. The number of carboxylic acid groups (broad SMARTS) is 1. The van der Waals surface area contributed by atoms with Gasteiger partial charge in [-0.15, -0.1) is 11.3 Å². The predicted octanol–water partition coefficient (Wildman–Crippen LogP) is 2.56. The SMILES string of the molecule is [B]NC1CCC(Oc2ncnc3sc4c(c23)C(CC(=O)O)CC4)CC1. The molecule has 0 bridgehead atoms. The first-order valence-corrected chi connectivity index (χ1v) is 9.58. The molecule has 2 radical (unpaired) electrons. The van der Waals surface area contributed by atoms with E-state index in [2.05, 4.69) is 15.2 Å². The number of carbonyl (C=O) groups is 1. The zero-order valence-electron chi connectivity index (χ0n) is 13.9. The van der Waals surface area contributed by atoms with Gasteiger partial charge in [-0.2, -0.15) is 0 Å². The molecule has 8 heteroatoms. The monoisotopic (exact) mass is 357 g/mol. The fraction of sp³-hybridized carbons (Fsp3) is 0.588. The number of nitrogens with zero attached hydrogens (tertiary/aromatic N) is 2. The van der Waals surface area contributed by atoms with E-state index < -0.39 is 5.97 Å². The van der Waals surface area contributed by atoms with Crippen molar-refractivity contribution in [3.05, 3.63) is 16.8 Å². The summed E-state index contributed by atoms with van der Waals surface area (Å²) >= 11 is 1.65. The summed E-state index contributed by atoms with van der Waals surface area (Å²) in [5.74, 6) is -0.111. The molecule has 2 aliphatic rings. The maximum absolute atomic E-state index is 11.2. The van der Waals surface area contributed by atoms with E-state index in [0.29, 0.717) is 11.9 Å². The summed E-state index contributed by atoms with van der Waals surface area (Å²) in [7, 11) is 5.52. The minimum atomic E-state index is -0.760. The molecule has 1 atom stereocenters. The number of thiophene rings is 1. The third kappa shape index (κ3) is 3.25. The van der Waals surface area contributed by atoms with Gasteiger partial charge in [0.15, 0.2) is 7.98 Å². The van der Waals surface area contributed by atoms with Crippen molar-refractivity contribution in [2.75, 3.05) is 0 Å². The van der Waals surface area contributed by atoms with Crippen LogP contribution in [0.5, 0.6) is 5.88 Å². The number of aromatic nitrogens is 2. The largest absolute Gasteiger partial charge is 0.481 e. The van der Waals surface area contributed by atoms with Crippen LogP contribution < -0.4 is 9.96 Å². The lowest BCUT2D eigenvalue weighted by Gasteiger charge is -2.28. The smallest absolute Gasteiger partial charge is 0.303 e. The van der Waals surface area contributed by atoms with Gasteiger partial charge in [0.2, 0.25) is 5.88 Å². The molecule has 0 aliphatic heterocycles. The summed E-state index contributed by atoms with van der Waals surface area (Å²) in [5.41, 5.74) is 1.11. The Balaban J connectivity index is 1.63. The Morgan fingerprint density at radius 1 is 1.32 bits per heavy atom. The molecule has 0 spiro atoms. The number of aryl methyl sites for hydroxylation is 1. The molecule has 0 saturated heterocycles. The maximum Gasteiger partial charge on any atom is 0.303 e. The molecule has 130 valence electrons. The first kappa shape index (κ1) is 16.8. The molecular formula is C17H20BN3O3S. The molecule has 2 N–H and O–H groups in total. The van der Waals surface area contributed by atoms with E-state index >= 15 is 0 Å². The average Bonchev–Trinajstić information content (AvgIpc) is 3.15. The molecule has 1 unspecified atom stereocenters. The van der Waals surface area contributed by atoms with E-state index in [1.54, 1.807) is 17.7 Å². The normalized spacial score (nSPS) is 25.8. The predicted molar refractivity (Wildman–Crippen MR) is 96.3 cm³/mol. The number of carboxylic acids is 1. The molecular weight excluding hydrogens is 337 g/mol. The molecule has 25 heavy (non-hydrogen) atoms. The van der Waals surface area contributed by atoms with Gasteiger partial charge in [-0.3, -0.25) is 4.79 Å². The maximum atomic E-state index is 11.2. The third-order valence-electron chi connectivity index (χ3n) is 5.30. The van der Waals surface area contributed by atoms with E-state index in [9.17, 15) is 9.90 Å². The van der Waals surface area contributed by atoms with Gasteiger partial charge in [-0.25, -0.2) is 9.97 Å². The fourth-order valence-corrected chi connectivity index (χ4v) is 5.28. The molecule has 4 rings (SSSR count). The number of hydrogen-bond donors (Lipinski definition) is 2. The van der Waals surface area contributed by atoms with Gasteiger partial charge in [0.05, 0.1) is 11.8 Å². The van der Waals surface area contributed by atoms with Crippen molar-refractivity contribution < 1.29 is 14.6 Å². The molecule has 2 aromatic rings. The summed E-state index contributed by atoms with van der Waals surface area (Å²) in [6.07, 6.45) is 7.46. The summed E-state index contributed by atoms with van der Waals surface area (Å²) in [6, 6.07) is 0.357. The highest BCUT2D eigenvalue weighted by molar-refractivity contribution is 7.19. The Morgan fingerprint density at radius 2 is 2.12 bits per heavy atom. The second kappa shape index (κ2) is 6.92. The van der Waals surface area contributed by atoms with Crippen molar-refractivity contribution in [1.82, 2.24) is 15.2 Å². The van der Waals surface area contributed by atoms with Crippen molar-refractivity contribution in [3.8, 4) is 5.88 Å². The van der Waals surface area contributed by atoms with Gasteiger partial charge in [0.1, 0.15) is 17.3 Å². The van der Waals surface area contributed by atoms with E-state index in [0.717, 1.165) is 54.3 Å². The second-order valence-corrected chi connectivity index (χ2v) is 7.97. The van der Waals surface area contributed by atoms with Gasteiger partial charge in [0, 0.05) is 4.88 Å². The number of aliphatic carboxylic acids is 1. The summed E-state index contributed by atoms with van der Waals surface area (Å²) in [4.78, 5) is 22.1. The van der Waals surface area contributed by atoms with E-state index in [1.807, 2.05) is 0 Å². The Labute approximate surface area is 151 Å². The first-order valence-electron chi connectivity index (χ1n) is 8.76. The third-order valence-corrected chi connectivity index (χ3v) is 6.48. The summed E-state index contributed by atoms with van der Waals surface area (Å²) in [5, 5.41) is 13.0. The second-order valence-electron chi connectivity index (χ2n) is 6.89. The Morgan fingerprint density at radius 3 is 2.84 bits per heavy atom. The number of hydrogen-bond acceptors (Lipinski definition) is 6. The van der Waals surface area contributed by atoms with E-state index in [4.69, 9.17) is 12.7 Å². The number of rotatable bonds is 5. The van der Waals surface area contributed by atoms with Gasteiger partial charge >= 0.3 is 5.97 Å². The number of ether oxygens (including phenoxy) is 1. The van der Waals surface area contributed by atoms with Crippen LogP contribution in [0.3, 0.4) is 0 Å². The van der Waals surface area contributed by atoms with Crippen molar-refractivity contribution in [3.63, 3.8) is 0 Å². The van der Waals surface area contributed by atoms with Crippen LogP contribution in [0.1, 0.15) is 54.9 Å². The zero-order chi connectivity index (χ0) is 17.4. The Bertz CT molecular complexity index is 789. The highest BCUT2D eigenvalue weighted by Crippen LogP contribution is 2.47. The van der Waals surface area contributed by atoms with Crippen molar-refractivity contribution >= 4 is 35.5 Å². The molecule has 0 amide bonds. The standard InChI is InChI=1S/C17H20BN3O3S/c18-21-10-2-4-11(5-3-10)24-16-15-14-9(7-13(22)23)1-6-12(14)25-17(15)20-8-19-16/h8-11,21H,1-7H2,(H,22,23). The van der Waals surface area contributed by atoms with Gasteiger partial charge < -0.3 is 15.1 Å². The quantitative estimate of drug-likeness (QED) is 0.800. The van der Waals surface area contributed by atoms with Crippen molar-refractivity contribution in [2.24, 2.45) is 0 Å². The van der Waals surface area contributed by atoms with Crippen LogP contribution in [0.25, 0.3) is 10.2 Å². The minimum Gasteiger partial charge on any atom is -0.481 e. The Hall–Kier alpha value is -1.67. The molecule has 2 aromatic heterocycles. The average molecular weight is 357 g/mol.